The molecule has 0 bridgehead atoms. The summed E-state index contributed by atoms with van der Waals surface area (Å²) < 4.78 is 5.65. The number of hydrogen-bond donors (Lipinski definition) is 1. The highest BCUT2D eigenvalue weighted by atomic mass is 32.2. The van der Waals surface area contributed by atoms with Gasteiger partial charge in [0.2, 0.25) is 0 Å². The van der Waals surface area contributed by atoms with E-state index in [4.69, 9.17) is 10.5 Å². The zero-order chi connectivity index (χ0) is 14.0. The van der Waals surface area contributed by atoms with E-state index in [0.717, 1.165) is 11.5 Å². The van der Waals surface area contributed by atoms with Crippen molar-refractivity contribution >= 4 is 11.8 Å². The number of hydrogen-bond acceptors (Lipinski definition) is 3. The highest BCUT2D eigenvalue weighted by Gasteiger charge is 2.03. The first kappa shape index (κ1) is 15.1. The SMILES string of the molecule is N[C@H](COCc1ccccc1)CSCc1ccccc1. The summed E-state index contributed by atoms with van der Waals surface area (Å²) in [4.78, 5) is 0. The highest BCUT2D eigenvalue weighted by Crippen LogP contribution is 2.12. The Morgan fingerprint density at radius 2 is 1.50 bits per heavy atom. The summed E-state index contributed by atoms with van der Waals surface area (Å²) in [6, 6.07) is 20.7. The Balaban J connectivity index is 1.58. The molecule has 0 unspecified atom stereocenters. The molecule has 0 spiro atoms. The number of ether oxygens (including phenoxy) is 1. The van der Waals surface area contributed by atoms with Gasteiger partial charge in [-0.3, -0.25) is 0 Å². The number of rotatable bonds is 8. The van der Waals surface area contributed by atoms with Crippen LogP contribution in [-0.4, -0.2) is 18.4 Å². The van der Waals surface area contributed by atoms with Gasteiger partial charge in [-0.1, -0.05) is 60.7 Å². The van der Waals surface area contributed by atoms with E-state index in [1.54, 1.807) is 0 Å². The van der Waals surface area contributed by atoms with Crippen LogP contribution in [0.5, 0.6) is 0 Å². The van der Waals surface area contributed by atoms with Crippen LogP contribution >= 0.6 is 11.8 Å². The van der Waals surface area contributed by atoms with E-state index in [-0.39, 0.29) is 6.04 Å². The molecule has 0 aliphatic rings. The first-order valence-electron chi connectivity index (χ1n) is 6.83. The van der Waals surface area contributed by atoms with Crippen LogP contribution < -0.4 is 5.73 Å². The van der Waals surface area contributed by atoms with Crippen LogP contribution in [0.1, 0.15) is 11.1 Å². The van der Waals surface area contributed by atoms with E-state index in [1.165, 1.54) is 11.1 Å². The van der Waals surface area contributed by atoms with Gasteiger partial charge in [-0.2, -0.15) is 11.8 Å². The summed E-state index contributed by atoms with van der Waals surface area (Å²) >= 11 is 1.86. The Morgan fingerprint density at radius 1 is 0.900 bits per heavy atom. The maximum absolute atomic E-state index is 6.06. The Morgan fingerprint density at radius 3 is 2.15 bits per heavy atom. The number of benzene rings is 2. The Kier molecular flexibility index (Phi) is 6.64. The maximum Gasteiger partial charge on any atom is 0.0717 e. The molecule has 0 aliphatic heterocycles. The van der Waals surface area contributed by atoms with E-state index < -0.39 is 0 Å². The van der Waals surface area contributed by atoms with Gasteiger partial charge in [0.15, 0.2) is 0 Å². The zero-order valence-corrected chi connectivity index (χ0v) is 12.4. The first-order valence-corrected chi connectivity index (χ1v) is 7.99. The molecule has 2 aromatic rings. The molecule has 2 nitrogen and oxygen atoms in total. The third-order valence-corrected chi connectivity index (χ3v) is 4.09. The molecule has 0 heterocycles. The minimum Gasteiger partial charge on any atom is -0.375 e. The van der Waals surface area contributed by atoms with Gasteiger partial charge in [-0.25, -0.2) is 0 Å². The molecule has 0 saturated heterocycles. The first-order chi connectivity index (χ1) is 9.84. The van der Waals surface area contributed by atoms with Gasteiger partial charge in [0.05, 0.1) is 13.2 Å². The van der Waals surface area contributed by atoms with Gasteiger partial charge in [0.1, 0.15) is 0 Å². The molecule has 0 aromatic heterocycles. The van der Waals surface area contributed by atoms with Gasteiger partial charge < -0.3 is 10.5 Å². The Bertz CT molecular complexity index is 429. The van der Waals surface area contributed by atoms with Crippen molar-refractivity contribution in [3.63, 3.8) is 0 Å². The van der Waals surface area contributed by atoms with Crippen LogP contribution in [0.25, 0.3) is 0 Å². The van der Waals surface area contributed by atoms with Crippen LogP contribution in [0.15, 0.2) is 60.7 Å². The fourth-order valence-corrected chi connectivity index (χ4v) is 2.80. The predicted octanol–water partition coefficient (Wildman–Crippen LogP) is 3.46. The number of nitrogens with two attached hydrogens (primary N) is 1. The maximum atomic E-state index is 6.06. The average Bonchev–Trinajstić information content (AvgIpc) is 2.49. The molecule has 3 heteroatoms. The van der Waals surface area contributed by atoms with E-state index in [2.05, 4.69) is 36.4 Å². The van der Waals surface area contributed by atoms with E-state index in [1.807, 2.05) is 36.0 Å². The lowest BCUT2D eigenvalue weighted by Gasteiger charge is -2.12. The molecule has 0 fully saturated rings. The standard InChI is InChI=1S/C17H21NOS/c18-17(12-19-11-15-7-3-1-4-8-15)14-20-13-16-9-5-2-6-10-16/h1-10,17H,11-14,18H2/t17-/m1/s1. The van der Waals surface area contributed by atoms with Gasteiger partial charge in [-0.15, -0.1) is 0 Å². The summed E-state index contributed by atoms with van der Waals surface area (Å²) in [5, 5.41) is 0. The van der Waals surface area contributed by atoms with Gasteiger partial charge in [0.25, 0.3) is 0 Å². The minimum atomic E-state index is 0.0902. The topological polar surface area (TPSA) is 35.2 Å². The zero-order valence-electron chi connectivity index (χ0n) is 11.6. The van der Waals surface area contributed by atoms with Crippen molar-refractivity contribution in [2.75, 3.05) is 12.4 Å². The van der Waals surface area contributed by atoms with Crippen molar-refractivity contribution in [2.45, 2.75) is 18.4 Å². The lowest BCUT2D eigenvalue weighted by molar-refractivity contribution is 0.112. The third-order valence-electron chi connectivity index (χ3n) is 2.89. The fourth-order valence-electron chi connectivity index (χ4n) is 1.85. The number of thioether (sulfide) groups is 1. The molecular weight excluding hydrogens is 266 g/mol. The van der Waals surface area contributed by atoms with Crippen molar-refractivity contribution in [3.05, 3.63) is 71.8 Å². The highest BCUT2D eigenvalue weighted by molar-refractivity contribution is 7.98. The van der Waals surface area contributed by atoms with E-state index in [9.17, 15) is 0 Å². The summed E-state index contributed by atoms with van der Waals surface area (Å²) in [5.74, 6) is 1.93. The second-order valence-electron chi connectivity index (χ2n) is 4.76. The van der Waals surface area contributed by atoms with Crippen LogP contribution in [0, 0.1) is 0 Å². The second kappa shape index (κ2) is 8.80. The molecule has 0 aliphatic carbocycles. The third kappa shape index (κ3) is 5.78. The summed E-state index contributed by atoms with van der Waals surface area (Å²) in [6.45, 7) is 1.24. The predicted molar refractivity (Wildman–Crippen MR) is 86.7 cm³/mol. The fraction of sp³-hybridized carbons (Fsp3) is 0.294. The molecule has 1 atom stereocenters. The molecule has 20 heavy (non-hydrogen) atoms. The second-order valence-corrected chi connectivity index (χ2v) is 5.79. The smallest absolute Gasteiger partial charge is 0.0717 e. The monoisotopic (exact) mass is 287 g/mol. The van der Waals surface area contributed by atoms with Gasteiger partial charge in [-0.05, 0) is 11.1 Å². The molecular formula is C17H21NOS. The van der Waals surface area contributed by atoms with Crippen molar-refractivity contribution in [2.24, 2.45) is 5.73 Å². The summed E-state index contributed by atoms with van der Waals surface area (Å²) in [6.07, 6.45) is 0. The van der Waals surface area contributed by atoms with Crippen molar-refractivity contribution < 1.29 is 4.74 Å². The summed E-state index contributed by atoms with van der Waals surface area (Å²) in [5.41, 5.74) is 8.59. The summed E-state index contributed by atoms with van der Waals surface area (Å²) in [7, 11) is 0. The van der Waals surface area contributed by atoms with Crippen molar-refractivity contribution in [3.8, 4) is 0 Å². The van der Waals surface area contributed by atoms with Crippen LogP contribution in [-0.2, 0) is 17.1 Å². The molecule has 0 saturated carbocycles. The van der Waals surface area contributed by atoms with Crippen LogP contribution in [0.4, 0.5) is 0 Å². The quantitative estimate of drug-likeness (QED) is 0.807. The Labute approximate surface area is 125 Å². The largest absolute Gasteiger partial charge is 0.375 e. The Hall–Kier alpha value is -1.29. The molecule has 2 aromatic carbocycles. The van der Waals surface area contributed by atoms with Gasteiger partial charge in [0, 0.05) is 17.5 Å². The van der Waals surface area contributed by atoms with Crippen LogP contribution in [0.3, 0.4) is 0 Å². The molecule has 2 N–H and O–H groups in total. The molecule has 106 valence electrons. The van der Waals surface area contributed by atoms with Gasteiger partial charge >= 0.3 is 0 Å². The normalized spacial score (nSPS) is 12.2. The molecule has 2 rings (SSSR count). The minimum absolute atomic E-state index is 0.0902. The average molecular weight is 287 g/mol. The molecule has 0 radical (unpaired) electrons. The van der Waals surface area contributed by atoms with Crippen molar-refractivity contribution in [1.82, 2.24) is 0 Å². The lowest BCUT2D eigenvalue weighted by Crippen LogP contribution is -2.28. The van der Waals surface area contributed by atoms with Crippen molar-refractivity contribution in [1.29, 1.82) is 0 Å². The van der Waals surface area contributed by atoms with Crippen LogP contribution in [0.2, 0.25) is 0 Å². The molecule has 0 amide bonds. The van der Waals surface area contributed by atoms with E-state index in [0.29, 0.717) is 13.2 Å². The van der Waals surface area contributed by atoms with E-state index >= 15 is 0 Å². The lowest BCUT2D eigenvalue weighted by atomic mass is 10.2.